The number of carbonyl (C=O) groups excluding carboxylic acids is 1. The Morgan fingerprint density at radius 1 is 1.38 bits per heavy atom. The molecule has 3 aromatic rings. The minimum absolute atomic E-state index is 0.103. The van der Waals surface area contributed by atoms with Crippen molar-refractivity contribution in [3.05, 3.63) is 62.9 Å². The Morgan fingerprint density at radius 3 is 2.96 bits per heavy atom. The molecule has 0 bridgehead atoms. The van der Waals surface area contributed by atoms with Gasteiger partial charge in [0.25, 0.3) is 0 Å². The van der Waals surface area contributed by atoms with Crippen LogP contribution < -0.4 is 10.1 Å². The maximum absolute atomic E-state index is 12.3. The van der Waals surface area contributed by atoms with E-state index in [2.05, 4.69) is 26.3 Å². The number of aromatic nitrogens is 2. The number of anilines is 1. The van der Waals surface area contributed by atoms with E-state index < -0.39 is 0 Å². The fraction of sp³-hybridized carbons (Fsp3) is 0.176. The molecule has 0 aliphatic heterocycles. The average Bonchev–Trinajstić information content (AvgIpc) is 3.17. The molecule has 3 rings (SSSR count). The highest BCUT2D eigenvalue weighted by atomic mass is 79.9. The number of nitrogens with one attached hydrogen (secondary N) is 1. The molecular weight excluding hydrogens is 390 g/mol. The van der Waals surface area contributed by atoms with Crippen LogP contribution in [0.1, 0.15) is 10.4 Å². The van der Waals surface area contributed by atoms with E-state index in [0.717, 1.165) is 14.9 Å². The lowest BCUT2D eigenvalue weighted by molar-refractivity contribution is -0.115. The molecule has 0 aliphatic carbocycles. The van der Waals surface area contributed by atoms with Gasteiger partial charge >= 0.3 is 0 Å². The molecule has 0 saturated heterocycles. The predicted octanol–water partition coefficient (Wildman–Crippen LogP) is 3.95. The molecule has 1 aromatic carbocycles. The van der Waals surface area contributed by atoms with Crippen molar-refractivity contribution in [1.29, 1.82) is 0 Å². The Hall–Kier alpha value is -2.12. The van der Waals surface area contributed by atoms with Crippen molar-refractivity contribution >= 4 is 39.0 Å². The third-order valence-electron chi connectivity index (χ3n) is 3.45. The van der Waals surface area contributed by atoms with Gasteiger partial charge in [0.2, 0.25) is 5.91 Å². The van der Waals surface area contributed by atoms with Gasteiger partial charge in [0.05, 0.1) is 26.3 Å². The zero-order valence-corrected chi connectivity index (χ0v) is 15.4. The maximum atomic E-state index is 12.3. The first-order valence-corrected chi connectivity index (χ1v) is 8.99. The van der Waals surface area contributed by atoms with E-state index in [4.69, 9.17) is 4.74 Å². The van der Waals surface area contributed by atoms with Gasteiger partial charge < -0.3 is 10.1 Å². The lowest BCUT2D eigenvalue weighted by Crippen LogP contribution is -2.18. The van der Waals surface area contributed by atoms with E-state index in [0.29, 0.717) is 18.1 Å². The molecule has 0 unspecified atom stereocenters. The number of hydrogen-bond donors (Lipinski definition) is 1. The van der Waals surface area contributed by atoms with E-state index in [1.54, 1.807) is 35.4 Å². The van der Waals surface area contributed by atoms with E-state index >= 15 is 0 Å². The number of halogens is 1. The Balaban J connectivity index is 1.68. The number of benzene rings is 1. The van der Waals surface area contributed by atoms with Crippen LogP contribution in [0.3, 0.4) is 0 Å². The van der Waals surface area contributed by atoms with Gasteiger partial charge in [-0.3, -0.25) is 4.79 Å². The topological polar surface area (TPSA) is 56.1 Å². The van der Waals surface area contributed by atoms with E-state index in [1.165, 1.54) is 0 Å². The van der Waals surface area contributed by atoms with Crippen LogP contribution in [0.5, 0.6) is 5.75 Å². The summed E-state index contributed by atoms with van der Waals surface area (Å²) < 4.78 is 8.11. The van der Waals surface area contributed by atoms with Gasteiger partial charge in [-0.15, -0.1) is 11.3 Å². The number of thiophene rings is 1. The summed E-state index contributed by atoms with van der Waals surface area (Å²) >= 11 is 5.09. The van der Waals surface area contributed by atoms with Gasteiger partial charge in [0, 0.05) is 26.4 Å². The van der Waals surface area contributed by atoms with Gasteiger partial charge in [-0.05, 0) is 28.1 Å². The first kappa shape index (κ1) is 16.7. The number of rotatable bonds is 6. The SMILES string of the molecule is COc1ccccc1CC(=O)Nc1ccnn1Cc1cc(Br)cs1. The second-order valence-electron chi connectivity index (χ2n) is 5.14. The molecule has 5 nitrogen and oxygen atoms in total. The minimum Gasteiger partial charge on any atom is -0.496 e. The quantitative estimate of drug-likeness (QED) is 0.675. The molecule has 0 saturated carbocycles. The average molecular weight is 406 g/mol. The number of para-hydroxylation sites is 1. The van der Waals surface area contributed by atoms with Crippen LogP contribution in [0.4, 0.5) is 5.82 Å². The third-order valence-corrected chi connectivity index (χ3v) is 5.14. The van der Waals surface area contributed by atoms with Crippen molar-refractivity contribution in [3.8, 4) is 5.75 Å². The summed E-state index contributed by atoms with van der Waals surface area (Å²) in [6, 6.07) is 11.4. The summed E-state index contributed by atoms with van der Waals surface area (Å²) in [5.41, 5.74) is 0.853. The van der Waals surface area contributed by atoms with Crippen molar-refractivity contribution in [3.63, 3.8) is 0 Å². The number of amides is 1. The molecule has 0 atom stereocenters. The van der Waals surface area contributed by atoms with Crippen LogP contribution in [0.2, 0.25) is 0 Å². The summed E-state index contributed by atoms with van der Waals surface area (Å²) in [5.74, 6) is 1.29. The number of carbonyl (C=O) groups is 1. The lowest BCUT2D eigenvalue weighted by atomic mass is 10.1. The predicted molar refractivity (Wildman–Crippen MR) is 98.7 cm³/mol. The highest BCUT2D eigenvalue weighted by Gasteiger charge is 2.11. The maximum Gasteiger partial charge on any atom is 0.230 e. The van der Waals surface area contributed by atoms with Crippen LogP contribution in [0.15, 0.2) is 52.4 Å². The number of nitrogens with zero attached hydrogens (tertiary/aromatic N) is 2. The largest absolute Gasteiger partial charge is 0.496 e. The zero-order chi connectivity index (χ0) is 16.9. The molecule has 7 heteroatoms. The van der Waals surface area contributed by atoms with Gasteiger partial charge in [0.1, 0.15) is 11.6 Å². The highest BCUT2D eigenvalue weighted by Crippen LogP contribution is 2.22. The van der Waals surface area contributed by atoms with Crippen LogP contribution in [-0.2, 0) is 17.8 Å². The Bertz CT molecular complexity index is 844. The third kappa shape index (κ3) is 4.04. The molecule has 2 heterocycles. The first-order valence-electron chi connectivity index (χ1n) is 7.32. The number of methoxy groups -OCH3 is 1. The van der Waals surface area contributed by atoms with Crippen molar-refractivity contribution in [2.75, 3.05) is 12.4 Å². The van der Waals surface area contributed by atoms with Gasteiger partial charge in [-0.2, -0.15) is 5.10 Å². The number of ether oxygens (including phenoxy) is 1. The van der Waals surface area contributed by atoms with Crippen LogP contribution in [-0.4, -0.2) is 22.8 Å². The van der Waals surface area contributed by atoms with Crippen molar-refractivity contribution in [1.82, 2.24) is 9.78 Å². The molecule has 1 N–H and O–H groups in total. The smallest absolute Gasteiger partial charge is 0.230 e. The Labute approximate surface area is 152 Å². The molecular formula is C17H16BrN3O2S. The normalized spacial score (nSPS) is 10.6. The lowest BCUT2D eigenvalue weighted by Gasteiger charge is -2.10. The van der Waals surface area contributed by atoms with E-state index in [1.807, 2.05) is 35.7 Å². The first-order chi connectivity index (χ1) is 11.7. The Kier molecular flexibility index (Phi) is 5.32. The van der Waals surface area contributed by atoms with Crippen LogP contribution in [0.25, 0.3) is 0 Å². The fourth-order valence-electron chi connectivity index (χ4n) is 2.36. The van der Waals surface area contributed by atoms with Crippen LogP contribution in [0, 0.1) is 0 Å². The summed E-state index contributed by atoms with van der Waals surface area (Å²) in [6.07, 6.45) is 1.93. The molecule has 0 radical (unpaired) electrons. The van der Waals surface area contributed by atoms with Crippen molar-refractivity contribution in [2.45, 2.75) is 13.0 Å². The monoisotopic (exact) mass is 405 g/mol. The highest BCUT2D eigenvalue weighted by molar-refractivity contribution is 9.10. The second-order valence-corrected chi connectivity index (χ2v) is 7.05. The summed E-state index contributed by atoms with van der Waals surface area (Å²) in [7, 11) is 1.60. The van der Waals surface area contributed by atoms with E-state index in [-0.39, 0.29) is 12.3 Å². The van der Waals surface area contributed by atoms with Crippen molar-refractivity contribution < 1.29 is 9.53 Å². The summed E-state index contributed by atoms with van der Waals surface area (Å²) in [5, 5.41) is 9.23. The van der Waals surface area contributed by atoms with Gasteiger partial charge in [0.15, 0.2) is 0 Å². The molecule has 124 valence electrons. The molecule has 2 aromatic heterocycles. The molecule has 24 heavy (non-hydrogen) atoms. The standard InChI is InChI=1S/C17H16BrN3O2S/c1-23-15-5-3-2-4-12(15)8-17(22)20-16-6-7-19-21(16)10-14-9-13(18)11-24-14/h2-7,9,11H,8,10H2,1H3,(H,20,22). The van der Waals surface area contributed by atoms with Gasteiger partial charge in [-0.1, -0.05) is 18.2 Å². The fourth-order valence-corrected chi connectivity index (χ4v) is 3.79. The molecule has 1 amide bonds. The second kappa shape index (κ2) is 7.63. The van der Waals surface area contributed by atoms with E-state index in [9.17, 15) is 4.79 Å². The summed E-state index contributed by atoms with van der Waals surface area (Å²) in [4.78, 5) is 13.5. The molecule has 0 spiro atoms. The zero-order valence-electron chi connectivity index (χ0n) is 13.0. The summed E-state index contributed by atoms with van der Waals surface area (Å²) in [6.45, 7) is 0.619. The number of hydrogen-bond acceptors (Lipinski definition) is 4. The molecule has 0 fully saturated rings. The van der Waals surface area contributed by atoms with Crippen LogP contribution >= 0.6 is 27.3 Å². The Morgan fingerprint density at radius 2 is 2.21 bits per heavy atom. The molecule has 0 aliphatic rings. The van der Waals surface area contributed by atoms with Gasteiger partial charge in [-0.25, -0.2) is 4.68 Å². The minimum atomic E-state index is -0.103. The van der Waals surface area contributed by atoms with Crippen molar-refractivity contribution in [2.24, 2.45) is 0 Å².